The number of nitrogens with one attached hydrogen (secondary N) is 2. The molecule has 1 rings (SSSR count). The van der Waals surface area contributed by atoms with Crippen molar-refractivity contribution in [2.75, 3.05) is 37.8 Å². The highest BCUT2D eigenvalue weighted by Gasteiger charge is 2.15. The lowest BCUT2D eigenvalue weighted by atomic mass is 10.0. The minimum absolute atomic E-state index is 0.373. The van der Waals surface area contributed by atoms with Crippen LogP contribution in [0.15, 0.2) is 6.07 Å². The van der Waals surface area contributed by atoms with Crippen molar-refractivity contribution in [2.45, 2.75) is 40.2 Å². The second-order valence-electron chi connectivity index (χ2n) is 5.90. The maximum Gasteiger partial charge on any atom is 0.224 e. The normalized spacial score (nSPS) is 12.8. The molecule has 20 heavy (non-hydrogen) atoms. The second-order valence-corrected chi connectivity index (χ2v) is 5.90. The monoisotopic (exact) mass is 279 g/mol. The molecule has 0 spiro atoms. The molecule has 0 bridgehead atoms. The lowest BCUT2D eigenvalue weighted by molar-refractivity contribution is 0.344. The van der Waals surface area contributed by atoms with E-state index in [1.807, 2.05) is 13.0 Å². The van der Waals surface area contributed by atoms with E-state index >= 15 is 0 Å². The van der Waals surface area contributed by atoms with Gasteiger partial charge in [-0.2, -0.15) is 4.98 Å². The van der Waals surface area contributed by atoms with Crippen molar-refractivity contribution < 1.29 is 0 Å². The molecule has 0 aliphatic heterocycles. The Bertz CT molecular complexity index is 403. The lowest BCUT2D eigenvalue weighted by Crippen LogP contribution is -2.36. The molecule has 0 radical (unpaired) electrons. The van der Waals surface area contributed by atoms with Crippen LogP contribution in [0, 0.1) is 12.8 Å². The molecule has 5 heteroatoms. The average Bonchev–Trinajstić information content (AvgIpc) is 2.34. The summed E-state index contributed by atoms with van der Waals surface area (Å²) in [6.45, 7) is 10.5. The predicted octanol–water partition coefficient (Wildman–Crippen LogP) is 2.61. The van der Waals surface area contributed by atoms with E-state index in [2.05, 4.69) is 60.4 Å². The van der Waals surface area contributed by atoms with Crippen molar-refractivity contribution in [2.24, 2.45) is 5.92 Å². The molecule has 1 heterocycles. The highest BCUT2D eigenvalue weighted by atomic mass is 15.2. The Morgan fingerprint density at radius 3 is 2.50 bits per heavy atom. The Morgan fingerprint density at radius 2 is 1.95 bits per heavy atom. The van der Waals surface area contributed by atoms with Gasteiger partial charge in [0.15, 0.2) is 0 Å². The van der Waals surface area contributed by atoms with Crippen LogP contribution in [0.25, 0.3) is 0 Å². The van der Waals surface area contributed by atoms with E-state index in [0.717, 1.165) is 31.0 Å². The number of anilines is 2. The summed E-state index contributed by atoms with van der Waals surface area (Å²) < 4.78 is 0. The number of rotatable bonds is 8. The Kier molecular flexibility index (Phi) is 6.71. The molecule has 0 fully saturated rings. The maximum atomic E-state index is 4.55. The number of aromatic nitrogens is 2. The molecule has 5 nitrogen and oxygen atoms in total. The molecular formula is C15H29N5. The third kappa shape index (κ3) is 5.74. The smallest absolute Gasteiger partial charge is 0.224 e. The molecule has 1 aromatic rings. The zero-order valence-electron chi connectivity index (χ0n) is 13.7. The van der Waals surface area contributed by atoms with Crippen molar-refractivity contribution >= 4 is 11.8 Å². The van der Waals surface area contributed by atoms with Crippen molar-refractivity contribution in [1.82, 2.24) is 14.9 Å². The molecular weight excluding hydrogens is 250 g/mol. The molecule has 0 aliphatic rings. The van der Waals surface area contributed by atoms with Crippen molar-refractivity contribution in [3.05, 3.63) is 11.8 Å². The number of hydrogen-bond donors (Lipinski definition) is 2. The van der Waals surface area contributed by atoms with Gasteiger partial charge in [-0.3, -0.25) is 0 Å². The predicted molar refractivity (Wildman–Crippen MR) is 86.4 cm³/mol. The molecule has 0 aromatic carbocycles. The van der Waals surface area contributed by atoms with Gasteiger partial charge in [-0.05, 0) is 33.4 Å². The minimum atomic E-state index is 0.373. The summed E-state index contributed by atoms with van der Waals surface area (Å²) in [6, 6.07) is 2.38. The molecule has 0 aliphatic carbocycles. The summed E-state index contributed by atoms with van der Waals surface area (Å²) in [5.41, 5.74) is 0.980. The van der Waals surface area contributed by atoms with Gasteiger partial charge in [0.2, 0.25) is 5.95 Å². The van der Waals surface area contributed by atoms with Gasteiger partial charge >= 0.3 is 0 Å². The van der Waals surface area contributed by atoms with E-state index in [1.165, 1.54) is 0 Å². The fourth-order valence-electron chi connectivity index (χ4n) is 1.96. The first-order valence-corrected chi connectivity index (χ1v) is 7.43. The van der Waals surface area contributed by atoms with Gasteiger partial charge in [-0.15, -0.1) is 0 Å². The first-order valence-electron chi connectivity index (χ1n) is 7.43. The zero-order chi connectivity index (χ0) is 15.1. The molecule has 1 unspecified atom stereocenters. The minimum Gasteiger partial charge on any atom is -0.366 e. The van der Waals surface area contributed by atoms with Crippen LogP contribution < -0.4 is 10.6 Å². The van der Waals surface area contributed by atoms with Gasteiger partial charge < -0.3 is 15.5 Å². The lowest BCUT2D eigenvalue weighted by Gasteiger charge is -2.26. The van der Waals surface area contributed by atoms with Crippen LogP contribution in [0.5, 0.6) is 0 Å². The van der Waals surface area contributed by atoms with E-state index in [1.54, 1.807) is 0 Å². The number of nitrogens with zero attached hydrogens (tertiary/aromatic N) is 3. The molecule has 0 amide bonds. The van der Waals surface area contributed by atoms with Gasteiger partial charge in [-0.25, -0.2) is 4.98 Å². The highest BCUT2D eigenvalue weighted by molar-refractivity contribution is 5.43. The van der Waals surface area contributed by atoms with Crippen LogP contribution in [0.1, 0.15) is 32.9 Å². The van der Waals surface area contributed by atoms with Gasteiger partial charge in [0, 0.05) is 30.9 Å². The molecule has 0 saturated carbocycles. The van der Waals surface area contributed by atoms with Gasteiger partial charge in [0.05, 0.1) is 0 Å². The Balaban J connectivity index is 2.80. The van der Waals surface area contributed by atoms with Crippen LogP contribution in [-0.2, 0) is 0 Å². The Morgan fingerprint density at radius 1 is 1.25 bits per heavy atom. The molecule has 114 valence electrons. The Labute approximate surface area is 123 Å². The number of hydrogen-bond acceptors (Lipinski definition) is 5. The van der Waals surface area contributed by atoms with Gasteiger partial charge in [0.1, 0.15) is 5.82 Å². The standard InChI is InChI=1S/C15H29N5/c1-7-8-16-15-17-12(4)9-14(19-15)18-13(11(2)3)10-20(5)6/h9,11,13H,7-8,10H2,1-6H3,(H2,16,17,18,19). The summed E-state index contributed by atoms with van der Waals surface area (Å²) in [5, 5.41) is 6.78. The summed E-state index contributed by atoms with van der Waals surface area (Å²) in [4.78, 5) is 11.2. The highest BCUT2D eigenvalue weighted by Crippen LogP contribution is 2.14. The fourth-order valence-corrected chi connectivity index (χ4v) is 1.96. The SMILES string of the molecule is CCCNc1nc(C)cc(NC(CN(C)C)C(C)C)n1. The van der Waals surface area contributed by atoms with Gasteiger partial charge in [-0.1, -0.05) is 20.8 Å². The fraction of sp³-hybridized carbons (Fsp3) is 0.733. The van der Waals surface area contributed by atoms with E-state index < -0.39 is 0 Å². The first-order chi connectivity index (χ1) is 9.42. The third-order valence-electron chi connectivity index (χ3n) is 3.09. The second kappa shape index (κ2) is 8.04. The van der Waals surface area contributed by atoms with Crippen LogP contribution >= 0.6 is 0 Å². The molecule has 0 saturated heterocycles. The van der Waals surface area contributed by atoms with Crippen LogP contribution in [0.2, 0.25) is 0 Å². The van der Waals surface area contributed by atoms with E-state index in [-0.39, 0.29) is 0 Å². The Hall–Kier alpha value is -1.36. The van der Waals surface area contributed by atoms with Crippen molar-refractivity contribution in [3.8, 4) is 0 Å². The average molecular weight is 279 g/mol. The molecule has 2 N–H and O–H groups in total. The zero-order valence-corrected chi connectivity index (χ0v) is 13.7. The largest absolute Gasteiger partial charge is 0.366 e. The number of likely N-dealkylation sites (N-methyl/N-ethyl adjacent to an activating group) is 1. The van der Waals surface area contributed by atoms with E-state index in [9.17, 15) is 0 Å². The first kappa shape index (κ1) is 16.7. The number of aryl methyl sites for hydroxylation is 1. The third-order valence-corrected chi connectivity index (χ3v) is 3.09. The van der Waals surface area contributed by atoms with E-state index in [4.69, 9.17) is 0 Å². The van der Waals surface area contributed by atoms with Gasteiger partial charge in [0.25, 0.3) is 0 Å². The van der Waals surface area contributed by atoms with E-state index in [0.29, 0.717) is 17.9 Å². The summed E-state index contributed by atoms with van der Waals surface area (Å²) in [5.74, 6) is 2.15. The quantitative estimate of drug-likeness (QED) is 0.766. The molecule has 1 aromatic heterocycles. The van der Waals surface area contributed by atoms with Crippen LogP contribution in [0.4, 0.5) is 11.8 Å². The molecule has 1 atom stereocenters. The topological polar surface area (TPSA) is 53.1 Å². The summed E-state index contributed by atoms with van der Waals surface area (Å²) >= 11 is 0. The maximum absolute atomic E-state index is 4.55. The summed E-state index contributed by atoms with van der Waals surface area (Å²) in [6.07, 6.45) is 1.06. The van der Waals surface area contributed by atoms with Crippen LogP contribution in [-0.4, -0.2) is 48.1 Å². The van der Waals surface area contributed by atoms with Crippen LogP contribution in [0.3, 0.4) is 0 Å². The van der Waals surface area contributed by atoms with Crippen molar-refractivity contribution in [1.29, 1.82) is 0 Å². The van der Waals surface area contributed by atoms with Crippen molar-refractivity contribution in [3.63, 3.8) is 0 Å². The summed E-state index contributed by atoms with van der Waals surface area (Å²) in [7, 11) is 4.19.